The first-order valence-electron chi connectivity index (χ1n) is 9.32. The summed E-state index contributed by atoms with van der Waals surface area (Å²) >= 11 is 6.03. The second-order valence-electron chi connectivity index (χ2n) is 6.84. The fourth-order valence-electron chi connectivity index (χ4n) is 2.67. The van der Waals surface area contributed by atoms with E-state index in [1.54, 1.807) is 24.3 Å². The van der Waals surface area contributed by atoms with Gasteiger partial charge in [-0.05, 0) is 42.0 Å². The Morgan fingerprint density at radius 1 is 1.21 bits per heavy atom. The Hall–Kier alpha value is -3.59. The van der Waals surface area contributed by atoms with Gasteiger partial charge in [0.25, 0.3) is 5.91 Å². The molecule has 3 rings (SSSR count). The number of halogens is 1. The summed E-state index contributed by atoms with van der Waals surface area (Å²) in [5.41, 5.74) is 0.193. The Morgan fingerprint density at radius 2 is 1.94 bits per heavy atom. The van der Waals surface area contributed by atoms with E-state index in [1.165, 1.54) is 38.4 Å². The van der Waals surface area contributed by atoms with Crippen molar-refractivity contribution in [1.29, 1.82) is 5.26 Å². The number of benzene rings is 2. The van der Waals surface area contributed by atoms with Crippen LogP contribution in [0.25, 0.3) is 6.08 Å². The molecule has 0 atom stereocenters. The molecule has 0 spiro atoms. The molecular weight excluding hydrogens is 474 g/mol. The van der Waals surface area contributed by atoms with E-state index in [1.807, 2.05) is 0 Å². The number of nitrogens with zero attached hydrogens (tertiary/aromatic N) is 2. The lowest BCUT2D eigenvalue weighted by atomic mass is 10.1. The Bertz CT molecular complexity index is 1280. The molecule has 1 amide bonds. The van der Waals surface area contributed by atoms with Crippen molar-refractivity contribution in [3.8, 4) is 17.6 Å². The van der Waals surface area contributed by atoms with Crippen LogP contribution >= 0.6 is 11.6 Å². The molecule has 1 aliphatic heterocycles. The molecule has 2 aromatic rings. The fourth-order valence-corrected chi connectivity index (χ4v) is 3.77. The van der Waals surface area contributed by atoms with Gasteiger partial charge in [-0.15, -0.1) is 0 Å². The van der Waals surface area contributed by atoms with Gasteiger partial charge >= 0.3 is 5.97 Å². The largest absolute Gasteiger partial charge is 0.454 e. The Balaban J connectivity index is 1.66. The number of esters is 1. The van der Waals surface area contributed by atoms with Gasteiger partial charge in [-0.1, -0.05) is 17.7 Å². The topological polar surface area (TPSA) is 135 Å². The molecule has 2 aromatic carbocycles. The number of rotatable bonds is 7. The second kappa shape index (κ2) is 9.91. The lowest BCUT2D eigenvalue weighted by Gasteiger charge is -2.14. The maximum Gasteiger partial charge on any atom is 0.349 e. The van der Waals surface area contributed by atoms with Crippen molar-refractivity contribution in [2.24, 2.45) is 0 Å². The molecule has 0 aliphatic carbocycles. The van der Waals surface area contributed by atoms with Gasteiger partial charge in [0.15, 0.2) is 18.1 Å². The Labute approximate surface area is 195 Å². The van der Waals surface area contributed by atoms with Crippen LogP contribution < -0.4 is 14.8 Å². The summed E-state index contributed by atoms with van der Waals surface area (Å²) in [5.74, 6) is -0.763. The number of anilines is 1. The summed E-state index contributed by atoms with van der Waals surface area (Å²) in [7, 11) is -1.02. The van der Waals surface area contributed by atoms with Crippen LogP contribution in [0.2, 0.25) is 5.02 Å². The number of sulfonamides is 1. The molecule has 1 aliphatic rings. The summed E-state index contributed by atoms with van der Waals surface area (Å²) in [6.45, 7) is -0.640. The molecule has 10 nitrogen and oxygen atoms in total. The average molecular weight is 492 g/mol. The minimum atomic E-state index is -3.75. The van der Waals surface area contributed by atoms with E-state index in [4.69, 9.17) is 25.8 Å². The monoisotopic (exact) mass is 491 g/mol. The third-order valence-corrected chi connectivity index (χ3v) is 6.51. The van der Waals surface area contributed by atoms with Gasteiger partial charge in [-0.25, -0.2) is 17.5 Å². The average Bonchev–Trinajstić information content (AvgIpc) is 3.25. The number of nitrogens with one attached hydrogen (secondary N) is 1. The number of ether oxygens (including phenoxy) is 3. The van der Waals surface area contributed by atoms with Crippen LogP contribution in [0.5, 0.6) is 11.5 Å². The van der Waals surface area contributed by atoms with Gasteiger partial charge in [0.2, 0.25) is 16.8 Å². The predicted molar refractivity (Wildman–Crippen MR) is 118 cm³/mol. The first kappa shape index (κ1) is 24.1. The summed E-state index contributed by atoms with van der Waals surface area (Å²) in [6.07, 6.45) is 1.29. The molecule has 0 unspecified atom stereocenters. The number of hydrogen-bond donors (Lipinski definition) is 1. The number of amides is 1. The standard InChI is InChI=1S/C21H18ClN3O7S/c1-25(2)33(28,29)15-4-5-16(22)17(9-15)24-20(26)11-30-21(27)14(10-23)7-13-3-6-18-19(8-13)32-12-31-18/h3-9H,11-12H2,1-2H3,(H,24,26)/b14-7-. The zero-order chi connectivity index (χ0) is 24.2. The first-order valence-corrected chi connectivity index (χ1v) is 11.1. The van der Waals surface area contributed by atoms with Crippen LogP contribution in [0.3, 0.4) is 0 Å². The molecule has 12 heteroatoms. The van der Waals surface area contributed by atoms with E-state index in [2.05, 4.69) is 5.32 Å². The quantitative estimate of drug-likeness (QED) is 0.354. The zero-order valence-electron chi connectivity index (χ0n) is 17.5. The molecule has 172 valence electrons. The summed E-state index contributed by atoms with van der Waals surface area (Å²) < 4.78 is 40.9. The van der Waals surface area contributed by atoms with Crippen LogP contribution in [0, 0.1) is 11.3 Å². The van der Waals surface area contributed by atoms with Crippen molar-refractivity contribution in [3.05, 3.63) is 52.6 Å². The maximum atomic E-state index is 12.3. The molecule has 1 heterocycles. The van der Waals surface area contributed by atoms with Gasteiger partial charge in [0.1, 0.15) is 11.6 Å². The number of carbonyl (C=O) groups is 2. The van der Waals surface area contributed by atoms with Crippen LogP contribution in [-0.2, 0) is 24.3 Å². The number of carbonyl (C=O) groups excluding carboxylic acids is 2. The normalized spacial score (nSPS) is 12.9. The van der Waals surface area contributed by atoms with E-state index < -0.39 is 28.5 Å². The van der Waals surface area contributed by atoms with E-state index in [-0.39, 0.29) is 28.0 Å². The lowest BCUT2D eigenvalue weighted by Crippen LogP contribution is -2.23. The number of fused-ring (bicyclic) bond motifs is 1. The van der Waals surface area contributed by atoms with Crippen LogP contribution in [-0.4, -0.2) is 52.1 Å². The highest BCUT2D eigenvalue weighted by molar-refractivity contribution is 7.89. The summed E-state index contributed by atoms with van der Waals surface area (Å²) in [4.78, 5) is 24.4. The summed E-state index contributed by atoms with van der Waals surface area (Å²) in [6, 6.07) is 10.4. The highest BCUT2D eigenvalue weighted by atomic mass is 35.5. The van der Waals surface area contributed by atoms with Crippen molar-refractivity contribution in [2.45, 2.75) is 4.90 Å². The van der Waals surface area contributed by atoms with E-state index in [0.29, 0.717) is 17.1 Å². The van der Waals surface area contributed by atoms with E-state index in [0.717, 1.165) is 4.31 Å². The molecule has 33 heavy (non-hydrogen) atoms. The SMILES string of the molecule is CN(C)S(=O)(=O)c1ccc(Cl)c(NC(=O)COC(=O)/C(C#N)=C\c2ccc3c(c2)OCO3)c1. The van der Waals surface area contributed by atoms with Crippen LogP contribution in [0.15, 0.2) is 46.9 Å². The molecule has 0 fully saturated rings. The van der Waals surface area contributed by atoms with E-state index in [9.17, 15) is 23.3 Å². The maximum absolute atomic E-state index is 12.3. The third-order valence-electron chi connectivity index (χ3n) is 4.37. The van der Waals surface area contributed by atoms with Gasteiger partial charge in [0, 0.05) is 14.1 Å². The fraction of sp³-hybridized carbons (Fsp3) is 0.190. The van der Waals surface area contributed by atoms with Gasteiger partial charge in [-0.2, -0.15) is 5.26 Å². The molecular formula is C21H18ClN3O7S. The Kier molecular flexibility index (Phi) is 7.23. The lowest BCUT2D eigenvalue weighted by molar-refractivity contribution is -0.142. The molecule has 0 radical (unpaired) electrons. The number of nitriles is 1. The second-order valence-corrected chi connectivity index (χ2v) is 9.39. The third kappa shape index (κ3) is 5.61. The van der Waals surface area contributed by atoms with Crippen molar-refractivity contribution >= 4 is 45.3 Å². The zero-order valence-corrected chi connectivity index (χ0v) is 19.1. The molecule has 0 bridgehead atoms. The van der Waals surface area contributed by atoms with Gasteiger partial charge < -0.3 is 19.5 Å². The molecule has 1 N–H and O–H groups in total. The van der Waals surface area contributed by atoms with Crippen LogP contribution in [0.4, 0.5) is 5.69 Å². The van der Waals surface area contributed by atoms with Crippen molar-refractivity contribution in [1.82, 2.24) is 4.31 Å². The molecule has 0 aromatic heterocycles. The highest BCUT2D eigenvalue weighted by Crippen LogP contribution is 2.33. The predicted octanol–water partition coefficient (Wildman–Crippen LogP) is 2.41. The van der Waals surface area contributed by atoms with Gasteiger partial charge in [-0.3, -0.25) is 4.79 Å². The van der Waals surface area contributed by atoms with Crippen LogP contribution in [0.1, 0.15) is 5.56 Å². The smallest absolute Gasteiger partial charge is 0.349 e. The van der Waals surface area contributed by atoms with Crippen molar-refractivity contribution in [2.75, 3.05) is 32.8 Å². The number of hydrogen-bond acceptors (Lipinski definition) is 8. The van der Waals surface area contributed by atoms with Crippen molar-refractivity contribution in [3.63, 3.8) is 0 Å². The minimum Gasteiger partial charge on any atom is -0.454 e. The first-order chi connectivity index (χ1) is 15.6. The summed E-state index contributed by atoms with van der Waals surface area (Å²) in [5, 5.41) is 11.8. The Morgan fingerprint density at radius 3 is 2.64 bits per heavy atom. The molecule has 0 saturated carbocycles. The highest BCUT2D eigenvalue weighted by Gasteiger charge is 2.20. The molecule has 0 saturated heterocycles. The van der Waals surface area contributed by atoms with Crippen molar-refractivity contribution < 1.29 is 32.2 Å². The van der Waals surface area contributed by atoms with Gasteiger partial charge in [0.05, 0.1) is 15.6 Å². The van der Waals surface area contributed by atoms with E-state index >= 15 is 0 Å². The minimum absolute atomic E-state index is 0.0250.